The van der Waals surface area contributed by atoms with Crippen molar-refractivity contribution in [1.29, 1.82) is 0 Å². The van der Waals surface area contributed by atoms with Crippen molar-refractivity contribution >= 4 is 11.4 Å². The predicted molar refractivity (Wildman–Crippen MR) is 48.8 cm³/mol. The molecule has 2 aromatic rings. The SMILES string of the molecule is Cc1oncc1Nc1cccnc1. The van der Waals surface area contributed by atoms with Crippen LogP contribution in [0, 0.1) is 6.92 Å². The molecule has 0 aliphatic rings. The van der Waals surface area contributed by atoms with Crippen LogP contribution in [0.5, 0.6) is 0 Å². The Bertz CT molecular complexity index is 383. The van der Waals surface area contributed by atoms with Gasteiger partial charge in [0, 0.05) is 6.20 Å². The maximum atomic E-state index is 4.90. The number of aromatic nitrogens is 2. The quantitative estimate of drug-likeness (QED) is 0.759. The number of nitrogens with zero attached hydrogens (tertiary/aromatic N) is 2. The summed E-state index contributed by atoms with van der Waals surface area (Å²) in [5.74, 6) is 0.767. The third-order valence-corrected chi connectivity index (χ3v) is 1.69. The summed E-state index contributed by atoms with van der Waals surface area (Å²) in [6.45, 7) is 1.85. The van der Waals surface area contributed by atoms with Gasteiger partial charge in [0.1, 0.15) is 5.69 Å². The summed E-state index contributed by atoms with van der Waals surface area (Å²) in [5, 5.41) is 6.79. The van der Waals surface area contributed by atoms with Gasteiger partial charge in [-0.05, 0) is 19.1 Å². The van der Waals surface area contributed by atoms with Crippen LogP contribution in [0.25, 0.3) is 0 Å². The van der Waals surface area contributed by atoms with Gasteiger partial charge in [0.15, 0.2) is 5.76 Å². The lowest BCUT2D eigenvalue weighted by atomic mass is 10.3. The molecular weight excluding hydrogens is 166 g/mol. The number of hydrogen-bond acceptors (Lipinski definition) is 4. The second-order valence-corrected chi connectivity index (χ2v) is 2.66. The second-order valence-electron chi connectivity index (χ2n) is 2.66. The molecular formula is C9H9N3O. The number of rotatable bonds is 2. The first-order valence-corrected chi connectivity index (χ1v) is 3.94. The lowest BCUT2D eigenvalue weighted by Crippen LogP contribution is -1.89. The van der Waals surface area contributed by atoms with E-state index in [2.05, 4.69) is 15.5 Å². The zero-order valence-corrected chi connectivity index (χ0v) is 7.19. The molecule has 0 fully saturated rings. The van der Waals surface area contributed by atoms with Crippen molar-refractivity contribution in [2.75, 3.05) is 5.32 Å². The van der Waals surface area contributed by atoms with E-state index in [1.807, 2.05) is 19.1 Å². The molecule has 0 unspecified atom stereocenters. The van der Waals surface area contributed by atoms with Crippen molar-refractivity contribution in [3.05, 3.63) is 36.5 Å². The minimum atomic E-state index is 0.767. The molecule has 4 nitrogen and oxygen atoms in total. The normalized spacial score (nSPS) is 9.92. The summed E-state index contributed by atoms with van der Waals surface area (Å²) in [6, 6.07) is 3.80. The largest absolute Gasteiger partial charge is 0.359 e. The highest BCUT2D eigenvalue weighted by Crippen LogP contribution is 2.18. The minimum absolute atomic E-state index is 0.767. The lowest BCUT2D eigenvalue weighted by molar-refractivity contribution is 0.398. The van der Waals surface area contributed by atoms with E-state index in [9.17, 15) is 0 Å². The maximum Gasteiger partial charge on any atom is 0.157 e. The minimum Gasteiger partial charge on any atom is -0.359 e. The zero-order valence-electron chi connectivity index (χ0n) is 7.19. The summed E-state index contributed by atoms with van der Waals surface area (Å²) in [6.07, 6.45) is 5.11. The van der Waals surface area contributed by atoms with E-state index in [0.717, 1.165) is 17.1 Å². The van der Waals surface area contributed by atoms with Crippen LogP contribution in [0.2, 0.25) is 0 Å². The van der Waals surface area contributed by atoms with Crippen LogP contribution in [0.3, 0.4) is 0 Å². The van der Waals surface area contributed by atoms with Gasteiger partial charge in [-0.2, -0.15) is 0 Å². The van der Waals surface area contributed by atoms with Crippen LogP contribution < -0.4 is 5.32 Å². The fraction of sp³-hybridized carbons (Fsp3) is 0.111. The average Bonchev–Trinajstić information content (AvgIpc) is 2.54. The molecule has 0 aliphatic heterocycles. The highest BCUT2D eigenvalue weighted by molar-refractivity contribution is 5.58. The Balaban J connectivity index is 2.20. The number of anilines is 2. The van der Waals surface area contributed by atoms with E-state index < -0.39 is 0 Å². The Morgan fingerprint density at radius 1 is 1.38 bits per heavy atom. The van der Waals surface area contributed by atoms with E-state index in [1.165, 1.54) is 0 Å². The molecule has 2 heterocycles. The molecule has 0 aromatic carbocycles. The molecule has 1 N–H and O–H groups in total. The molecule has 0 spiro atoms. The standard InChI is InChI=1S/C9H9N3O/c1-7-9(6-11-13-7)12-8-3-2-4-10-5-8/h2-6,12H,1H3. The van der Waals surface area contributed by atoms with E-state index in [0.29, 0.717) is 0 Å². The maximum absolute atomic E-state index is 4.90. The average molecular weight is 175 g/mol. The van der Waals surface area contributed by atoms with Crippen molar-refractivity contribution in [3.8, 4) is 0 Å². The zero-order chi connectivity index (χ0) is 9.10. The Morgan fingerprint density at radius 2 is 2.31 bits per heavy atom. The first-order valence-electron chi connectivity index (χ1n) is 3.94. The molecule has 0 atom stereocenters. The van der Waals surface area contributed by atoms with Crippen molar-refractivity contribution in [3.63, 3.8) is 0 Å². The highest BCUT2D eigenvalue weighted by Gasteiger charge is 2.01. The first kappa shape index (κ1) is 7.79. The van der Waals surface area contributed by atoms with Crippen LogP contribution in [-0.4, -0.2) is 10.1 Å². The van der Waals surface area contributed by atoms with Crippen LogP contribution in [-0.2, 0) is 0 Å². The van der Waals surface area contributed by atoms with E-state index in [-0.39, 0.29) is 0 Å². The smallest absolute Gasteiger partial charge is 0.157 e. The second kappa shape index (κ2) is 3.26. The number of pyridine rings is 1. The molecule has 2 aromatic heterocycles. The van der Waals surface area contributed by atoms with Crippen molar-refractivity contribution in [1.82, 2.24) is 10.1 Å². The van der Waals surface area contributed by atoms with Gasteiger partial charge in [-0.15, -0.1) is 0 Å². The Hall–Kier alpha value is -1.84. The summed E-state index contributed by atoms with van der Waals surface area (Å²) in [5.41, 5.74) is 1.79. The number of aryl methyl sites for hydroxylation is 1. The molecule has 2 rings (SSSR count). The molecule has 0 radical (unpaired) electrons. The van der Waals surface area contributed by atoms with Gasteiger partial charge in [-0.3, -0.25) is 4.98 Å². The molecule has 4 heteroatoms. The summed E-state index contributed by atoms with van der Waals surface area (Å²) in [4.78, 5) is 3.98. The van der Waals surface area contributed by atoms with Gasteiger partial charge in [0.25, 0.3) is 0 Å². The lowest BCUT2D eigenvalue weighted by Gasteiger charge is -2.01. The van der Waals surface area contributed by atoms with Crippen LogP contribution in [0.15, 0.2) is 35.2 Å². The topological polar surface area (TPSA) is 51.0 Å². The van der Waals surface area contributed by atoms with Gasteiger partial charge in [0.05, 0.1) is 18.1 Å². The number of hydrogen-bond donors (Lipinski definition) is 1. The molecule has 13 heavy (non-hydrogen) atoms. The van der Waals surface area contributed by atoms with Crippen LogP contribution in [0.4, 0.5) is 11.4 Å². The Kier molecular flexibility index (Phi) is 1.96. The molecule has 0 saturated carbocycles. The monoisotopic (exact) mass is 175 g/mol. The van der Waals surface area contributed by atoms with Gasteiger partial charge >= 0.3 is 0 Å². The van der Waals surface area contributed by atoms with Crippen molar-refractivity contribution in [2.45, 2.75) is 6.92 Å². The Labute approximate surface area is 75.6 Å². The third-order valence-electron chi connectivity index (χ3n) is 1.69. The van der Waals surface area contributed by atoms with Gasteiger partial charge in [0.2, 0.25) is 0 Å². The van der Waals surface area contributed by atoms with Crippen LogP contribution >= 0.6 is 0 Å². The van der Waals surface area contributed by atoms with Crippen LogP contribution in [0.1, 0.15) is 5.76 Å². The van der Waals surface area contributed by atoms with E-state index in [1.54, 1.807) is 18.6 Å². The fourth-order valence-electron chi connectivity index (χ4n) is 1.01. The van der Waals surface area contributed by atoms with Gasteiger partial charge in [-0.1, -0.05) is 5.16 Å². The van der Waals surface area contributed by atoms with Crippen molar-refractivity contribution < 1.29 is 4.52 Å². The van der Waals surface area contributed by atoms with Gasteiger partial charge in [-0.25, -0.2) is 0 Å². The molecule has 0 saturated heterocycles. The molecule has 0 aliphatic carbocycles. The summed E-state index contributed by atoms with van der Waals surface area (Å²) in [7, 11) is 0. The number of nitrogens with one attached hydrogen (secondary N) is 1. The van der Waals surface area contributed by atoms with Gasteiger partial charge < -0.3 is 9.84 Å². The first-order chi connectivity index (χ1) is 6.36. The summed E-state index contributed by atoms with van der Waals surface area (Å²) < 4.78 is 4.90. The molecule has 0 bridgehead atoms. The summed E-state index contributed by atoms with van der Waals surface area (Å²) >= 11 is 0. The van der Waals surface area contributed by atoms with Crippen molar-refractivity contribution in [2.24, 2.45) is 0 Å². The predicted octanol–water partition coefficient (Wildman–Crippen LogP) is 2.12. The van der Waals surface area contributed by atoms with E-state index >= 15 is 0 Å². The third kappa shape index (κ3) is 1.66. The molecule has 66 valence electrons. The molecule has 0 amide bonds. The highest BCUT2D eigenvalue weighted by atomic mass is 16.5. The Morgan fingerprint density at radius 3 is 2.92 bits per heavy atom. The van der Waals surface area contributed by atoms with E-state index in [4.69, 9.17) is 4.52 Å². The fourth-order valence-corrected chi connectivity index (χ4v) is 1.01.